The van der Waals surface area contributed by atoms with Gasteiger partial charge >= 0.3 is 5.97 Å². The van der Waals surface area contributed by atoms with Crippen LogP contribution in [0.15, 0.2) is 42.5 Å². The first-order valence-corrected chi connectivity index (χ1v) is 9.34. The Kier molecular flexibility index (Phi) is 6.35. The molecule has 1 aliphatic carbocycles. The summed E-state index contributed by atoms with van der Waals surface area (Å²) in [6, 6.07) is 12.8. The summed E-state index contributed by atoms with van der Waals surface area (Å²) in [6.07, 6.45) is 3.30. The van der Waals surface area contributed by atoms with Crippen LogP contribution < -0.4 is 10.1 Å². The van der Waals surface area contributed by atoms with Gasteiger partial charge in [0.05, 0.1) is 6.04 Å². The number of carbonyl (C=O) groups excluding carboxylic acids is 2. The number of benzene rings is 2. The quantitative estimate of drug-likeness (QED) is 0.737. The maximum atomic E-state index is 11.9. The fourth-order valence-electron chi connectivity index (χ4n) is 3.09. The Hall–Kier alpha value is -2.53. The molecule has 0 saturated carbocycles. The smallest absolute Gasteiger partial charge is 0.344 e. The molecule has 3 rings (SSSR count). The third-order valence-corrected chi connectivity index (χ3v) is 4.79. The summed E-state index contributed by atoms with van der Waals surface area (Å²) in [7, 11) is 0. The minimum Gasteiger partial charge on any atom is -0.482 e. The normalized spacial score (nSPS) is 13.6. The molecule has 0 spiro atoms. The molecule has 1 atom stereocenters. The Labute approximate surface area is 163 Å². The average molecular weight is 388 g/mol. The molecule has 27 heavy (non-hydrogen) atoms. The van der Waals surface area contributed by atoms with Crippen molar-refractivity contribution < 1.29 is 19.1 Å². The highest BCUT2D eigenvalue weighted by molar-refractivity contribution is 6.30. The van der Waals surface area contributed by atoms with Crippen molar-refractivity contribution in [2.45, 2.75) is 32.2 Å². The van der Waals surface area contributed by atoms with Crippen molar-refractivity contribution >= 4 is 23.5 Å². The third kappa shape index (κ3) is 5.47. The minimum absolute atomic E-state index is 0.212. The number of carbonyl (C=O) groups is 2. The summed E-state index contributed by atoms with van der Waals surface area (Å²) in [5.74, 6) is -0.304. The van der Waals surface area contributed by atoms with Crippen molar-refractivity contribution in [3.63, 3.8) is 0 Å². The molecular weight excluding hydrogens is 366 g/mol. The van der Waals surface area contributed by atoms with E-state index in [0.717, 1.165) is 24.8 Å². The average Bonchev–Trinajstić information content (AvgIpc) is 3.13. The van der Waals surface area contributed by atoms with E-state index in [1.54, 1.807) is 12.1 Å². The molecule has 1 amide bonds. The van der Waals surface area contributed by atoms with Gasteiger partial charge in [-0.1, -0.05) is 29.8 Å². The van der Waals surface area contributed by atoms with Gasteiger partial charge in [-0.15, -0.1) is 0 Å². The number of halogens is 1. The summed E-state index contributed by atoms with van der Waals surface area (Å²) < 4.78 is 10.4. The Morgan fingerprint density at radius 3 is 2.59 bits per heavy atom. The van der Waals surface area contributed by atoms with E-state index in [4.69, 9.17) is 21.1 Å². The molecule has 2 aromatic carbocycles. The van der Waals surface area contributed by atoms with Crippen LogP contribution in [0, 0.1) is 0 Å². The molecule has 0 radical (unpaired) electrons. The van der Waals surface area contributed by atoms with Gasteiger partial charge in [0.2, 0.25) is 0 Å². The second kappa shape index (κ2) is 8.91. The van der Waals surface area contributed by atoms with E-state index in [-0.39, 0.29) is 25.2 Å². The number of aryl methyl sites for hydroxylation is 2. The topological polar surface area (TPSA) is 64.6 Å². The lowest BCUT2D eigenvalue weighted by Gasteiger charge is -2.14. The molecule has 0 heterocycles. The summed E-state index contributed by atoms with van der Waals surface area (Å²) >= 11 is 5.85. The Morgan fingerprint density at radius 2 is 1.81 bits per heavy atom. The lowest BCUT2D eigenvalue weighted by molar-refractivity contribution is -0.150. The number of hydrogen-bond acceptors (Lipinski definition) is 4. The number of ether oxygens (including phenoxy) is 2. The molecule has 1 aliphatic rings. The van der Waals surface area contributed by atoms with E-state index < -0.39 is 5.97 Å². The van der Waals surface area contributed by atoms with E-state index in [2.05, 4.69) is 5.32 Å². The second-order valence-electron chi connectivity index (χ2n) is 6.57. The van der Waals surface area contributed by atoms with E-state index in [1.807, 2.05) is 37.3 Å². The zero-order valence-electron chi connectivity index (χ0n) is 15.2. The second-order valence-corrected chi connectivity index (χ2v) is 7.01. The molecule has 0 fully saturated rings. The maximum Gasteiger partial charge on any atom is 0.344 e. The van der Waals surface area contributed by atoms with Gasteiger partial charge < -0.3 is 14.8 Å². The standard InChI is InChI=1S/C21H22ClNO4/c1-14(15-5-8-18(22)9-6-15)23-20(24)12-27-21(25)13-26-19-10-7-16-3-2-4-17(16)11-19/h5-11,14H,2-4,12-13H2,1H3,(H,23,24)/t14-/m1/s1. The van der Waals surface area contributed by atoms with Gasteiger partial charge in [-0.25, -0.2) is 4.79 Å². The molecule has 0 unspecified atom stereocenters. The monoisotopic (exact) mass is 387 g/mol. The predicted octanol–water partition coefficient (Wildman–Crippen LogP) is 3.63. The van der Waals surface area contributed by atoms with Crippen molar-refractivity contribution in [2.75, 3.05) is 13.2 Å². The number of hydrogen-bond donors (Lipinski definition) is 1. The van der Waals surface area contributed by atoms with E-state index in [9.17, 15) is 9.59 Å². The minimum atomic E-state index is -0.579. The van der Waals surface area contributed by atoms with Crippen LogP contribution >= 0.6 is 11.6 Å². The van der Waals surface area contributed by atoms with Crippen LogP contribution in [0.1, 0.15) is 36.1 Å². The van der Waals surface area contributed by atoms with Crippen molar-refractivity contribution in [3.8, 4) is 5.75 Å². The van der Waals surface area contributed by atoms with Gasteiger partial charge in [-0.2, -0.15) is 0 Å². The maximum absolute atomic E-state index is 11.9. The lowest BCUT2D eigenvalue weighted by atomic mass is 10.1. The van der Waals surface area contributed by atoms with Crippen LogP contribution in [0.25, 0.3) is 0 Å². The SMILES string of the molecule is C[C@@H](NC(=O)COC(=O)COc1ccc2c(c1)CCC2)c1ccc(Cl)cc1. The summed E-state index contributed by atoms with van der Waals surface area (Å²) in [5, 5.41) is 3.41. The number of rotatable bonds is 7. The van der Waals surface area contributed by atoms with Gasteiger partial charge in [-0.05, 0) is 67.1 Å². The van der Waals surface area contributed by atoms with Gasteiger partial charge in [0.25, 0.3) is 5.91 Å². The zero-order valence-corrected chi connectivity index (χ0v) is 15.9. The fourth-order valence-corrected chi connectivity index (χ4v) is 3.21. The molecule has 5 nitrogen and oxygen atoms in total. The van der Waals surface area contributed by atoms with Crippen LogP contribution in [0.2, 0.25) is 5.02 Å². The number of amides is 1. The summed E-state index contributed by atoms with van der Waals surface area (Å²) in [4.78, 5) is 23.8. The Balaban J connectivity index is 1.39. The largest absolute Gasteiger partial charge is 0.482 e. The van der Waals surface area contributed by atoms with Crippen LogP contribution in [0.5, 0.6) is 5.75 Å². The number of esters is 1. The zero-order chi connectivity index (χ0) is 19.2. The van der Waals surface area contributed by atoms with E-state index in [1.165, 1.54) is 11.1 Å². The highest BCUT2D eigenvalue weighted by atomic mass is 35.5. The molecule has 6 heteroatoms. The van der Waals surface area contributed by atoms with Gasteiger partial charge in [0.15, 0.2) is 13.2 Å². The van der Waals surface area contributed by atoms with Crippen LogP contribution in [-0.2, 0) is 27.2 Å². The van der Waals surface area contributed by atoms with Crippen molar-refractivity contribution in [1.82, 2.24) is 5.32 Å². The van der Waals surface area contributed by atoms with Crippen molar-refractivity contribution in [2.24, 2.45) is 0 Å². The predicted molar refractivity (Wildman–Crippen MR) is 103 cm³/mol. The van der Waals surface area contributed by atoms with Crippen LogP contribution in [0.3, 0.4) is 0 Å². The highest BCUT2D eigenvalue weighted by Gasteiger charge is 2.14. The fraction of sp³-hybridized carbons (Fsp3) is 0.333. The van der Waals surface area contributed by atoms with Gasteiger partial charge in [-0.3, -0.25) is 4.79 Å². The lowest BCUT2D eigenvalue weighted by Crippen LogP contribution is -2.31. The number of nitrogens with one attached hydrogen (secondary N) is 1. The molecular formula is C21H22ClNO4. The summed E-state index contributed by atoms with van der Waals surface area (Å²) in [5.41, 5.74) is 3.53. The highest BCUT2D eigenvalue weighted by Crippen LogP contribution is 2.26. The Bertz CT molecular complexity index is 819. The molecule has 0 aliphatic heterocycles. The Morgan fingerprint density at radius 1 is 1.07 bits per heavy atom. The number of fused-ring (bicyclic) bond motifs is 1. The molecule has 0 aromatic heterocycles. The van der Waals surface area contributed by atoms with E-state index >= 15 is 0 Å². The molecule has 2 aromatic rings. The molecule has 142 valence electrons. The molecule has 0 saturated heterocycles. The first-order chi connectivity index (χ1) is 13.0. The van der Waals surface area contributed by atoms with Crippen LogP contribution in [-0.4, -0.2) is 25.1 Å². The molecule has 1 N–H and O–H groups in total. The molecule has 0 bridgehead atoms. The summed E-state index contributed by atoms with van der Waals surface area (Å²) in [6.45, 7) is 1.28. The van der Waals surface area contributed by atoms with Gasteiger partial charge in [0, 0.05) is 5.02 Å². The third-order valence-electron chi connectivity index (χ3n) is 4.54. The first-order valence-electron chi connectivity index (χ1n) is 8.96. The van der Waals surface area contributed by atoms with Gasteiger partial charge in [0.1, 0.15) is 5.75 Å². The van der Waals surface area contributed by atoms with Crippen molar-refractivity contribution in [3.05, 3.63) is 64.2 Å². The van der Waals surface area contributed by atoms with Crippen LogP contribution in [0.4, 0.5) is 0 Å². The van der Waals surface area contributed by atoms with E-state index in [0.29, 0.717) is 10.8 Å². The first kappa shape index (κ1) is 19.2. The van der Waals surface area contributed by atoms with Crippen molar-refractivity contribution in [1.29, 1.82) is 0 Å².